The number of carboxylic acids is 1. The number of hydrogen-bond acceptors (Lipinski definition) is 6. The summed E-state index contributed by atoms with van der Waals surface area (Å²) >= 11 is 0. The SMILES string of the molecule is O=C(O)C1CN(C(=O)CCc2nc(C3CCCC3)no2)CCO1. The zero-order valence-corrected chi connectivity index (χ0v) is 12.9. The first-order chi connectivity index (χ1) is 11.1. The Labute approximate surface area is 133 Å². The second-order valence-corrected chi connectivity index (χ2v) is 6.07. The number of morpholine rings is 1. The van der Waals surface area contributed by atoms with E-state index in [1.54, 1.807) is 0 Å². The van der Waals surface area contributed by atoms with Crippen molar-refractivity contribution in [3.8, 4) is 0 Å². The van der Waals surface area contributed by atoms with Crippen molar-refractivity contribution in [1.82, 2.24) is 15.0 Å². The van der Waals surface area contributed by atoms with Crippen molar-refractivity contribution in [2.75, 3.05) is 19.7 Å². The van der Waals surface area contributed by atoms with Crippen LogP contribution >= 0.6 is 0 Å². The lowest BCUT2D eigenvalue weighted by molar-refractivity contribution is -0.159. The van der Waals surface area contributed by atoms with Crippen molar-refractivity contribution in [3.63, 3.8) is 0 Å². The van der Waals surface area contributed by atoms with Crippen molar-refractivity contribution < 1.29 is 24.0 Å². The number of amides is 1. The molecule has 2 heterocycles. The summed E-state index contributed by atoms with van der Waals surface area (Å²) < 4.78 is 10.3. The molecule has 0 radical (unpaired) electrons. The molecule has 1 atom stereocenters. The van der Waals surface area contributed by atoms with Crippen LogP contribution in [0.15, 0.2) is 4.52 Å². The third-order valence-electron chi connectivity index (χ3n) is 4.45. The fraction of sp³-hybridized carbons (Fsp3) is 0.733. The lowest BCUT2D eigenvalue weighted by atomic mass is 10.1. The van der Waals surface area contributed by atoms with Gasteiger partial charge in [0.15, 0.2) is 11.9 Å². The van der Waals surface area contributed by atoms with E-state index in [-0.39, 0.29) is 25.5 Å². The molecule has 1 aliphatic carbocycles. The van der Waals surface area contributed by atoms with E-state index in [2.05, 4.69) is 10.1 Å². The number of hydrogen-bond donors (Lipinski definition) is 1. The summed E-state index contributed by atoms with van der Waals surface area (Å²) in [5.41, 5.74) is 0. The molecule has 1 aliphatic heterocycles. The largest absolute Gasteiger partial charge is 0.479 e. The van der Waals surface area contributed by atoms with E-state index in [1.165, 1.54) is 17.7 Å². The molecule has 1 saturated carbocycles. The zero-order valence-electron chi connectivity index (χ0n) is 12.9. The Morgan fingerprint density at radius 2 is 2.09 bits per heavy atom. The molecule has 8 nitrogen and oxygen atoms in total. The third kappa shape index (κ3) is 3.87. The molecule has 1 saturated heterocycles. The van der Waals surface area contributed by atoms with Crippen LogP contribution in [0.25, 0.3) is 0 Å². The van der Waals surface area contributed by atoms with Crippen molar-refractivity contribution in [2.24, 2.45) is 0 Å². The molecule has 1 amide bonds. The summed E-state index contributed by atoms with van der Waals surface area (Å²) in [5.74, 6) is 0.463. The summed E-state index contributed by atoms with van der Waals surface area (Å²) in [7, 11) is 0. The zero-order chi connectivity index (χ0) is 16.2. The molecule has 0 bridgehead atoms. The summed E-state index contributed by atoms with van der Waals surface area (Å²) in [6.07, 6.45) is 4.28. The van der Waals surface area contributed by atoms with Crippen LogP contribution in [0.3, 0.4) is 0 Å². The van der Waals surface area contributed by atoms with Gasteiger partial charge in [-0.3, -0.25) is 4.79 Å². The van der Waals surface area contributed by atoms with Gasteiger partial charge in [-0.15, -0.1) is 0 Å². The monoisotopic (exact) mass is 323 g/mol. The van der Waals surface area contributed by atoms with Gasteiger partial charge in [-0.1, -0.05) is 18.0 Å². The summed E-state index contributed by atoms with van der Waals surface area (Å²) in [6, 6.07) is 0. The molecule has 23 heavy (non-hydrogen) atoms. The molecule has 3 rings (SSSR count). The first-order valence-corrected chi connectivity index (χ1v) is 8.08. The maximum Gasteiger partial charge on any atom is 0.334 e. The van der Waals surface area contributed by atoms with Crippen molar-refractivity contribution >= 4 is 11.9 Å². The van der Waals surface area contributed by atoms with E-state index in [0.717, 1.165) is 18.7 Å². The van der Waals surface area contributed by atoms with Gasteiger partial charge in [-0.2, -0.15) is 4.98 Å². The minimum absolute atomic E-state index is 0.0886. The van der Waals surface area contributed by atoms with E-state index >= 15 is 0 Å². The number of carboxylic acid groups (broad SMARTS) is 1. The first kappa shape index (κ1) is 15.9. The van der Waals surface area contributed by atoms with Crippen LogP contribution in [-0.4, -0.2) is 57.8 Å². The van der Waals surface area contributed by atoms with E-state index < -0.39 is 12.1 Å². The highest BCUT2D eigenvalue weighted by Crippen LogP contribution is 2.32. The maximum atomic E-state index is 12.2. The summed E-state index contributed by atoms with van der Waals surface area (Å²) in [5, 5.41) is 13.0. The number of ether oxygens (including phenoxy) is 1. The Balaban J connectivity index is 1.49. The van der Waals surface area contributed by atoms with Crippen LogP contribution in [0.1, 0.15) is 49.7 Å². The van der Waals surface area contributed by atoms with Gasteiger partial charge in [-0.05, 0) is 12.8 Å². The molecule has 0 aromatic carbocycles. The molecule has 2 fully saturated rings. The minimum atomic E-state index is -1.04. The van der Waals surface area contributed by atoms with E-state index in [0.29, 0.717) is 24.8 Å². The molecular formula is C15H21N3O5. The van der Waals surface area contributed by atoms with Gasteiger partial charge in [0, 0.05) is 25.3 Å². The highest BCUT2D eigenvalue weighted by molar-refractivity contribution is 5.78. The van der Waals surface area contributed by atoms with Gasteiger partial charge in [-0.25, -0.2) is 4.79 Å². The second kappa shape index (κ2) is 7.08. The topological polar surface area (TPSA) is 106 Å². The van der Waals surface area contributed by atoms with Crippen molar-refractivity contribution in [2.45, 2.75) is 50.5 Å². The fourth-order valence-electron chi connectivity index (χ4n) is 3.12. The molecule has 1 aromatic heterocycles. The first-order valence-electron chi connectivity index (χ1n) is 8.08. The fourth-order valence-corrected chi connectivity index (χ4v) is 3.12. The summed E-state index contributed by atoms with van der Waals surface area (Å²) in [4.78, 5) is 29.0. The molecule has 2 aliphatic rings. The number of aryl methyl sites for hydroxylation is 1. The van der Waals surface area contributed by atoms with Crippen LogP contribution in [0, 0.1) is 0 Å². The van der Waals surface area contributed by atoms with Crippen LogP contribution in [-0.2, 0) is 20.7 Å². The highest BCUT2D eigenvalue weighted by Gasteiger charge is 2.29. The smallest absolute Gasteiger partial charge is 0.334 e. The lowest BCUT2D eigenvalue weighted by Crippen LogP contribution is -2.48. The standard InChI is InChI=1S/C15H21N3O5/c19-13(18-7-8-22-11(9-18)15(20)21)6-5-12-16-14(17-23-12)10-3-1-2-4-10/h10-11H,1-9H2,(H,20,21). The Hall–Kier alpha value is -1.96. The molecule has 1 aromatic rings. The van der Waals surface area contributed by atoms with Gasteiger partial charge >= 0.3 is 5.97 Å². The average Bonchev–Trinajstić information content (AvgIpc) is 3.23. The second-order valence-electron chi connectivity index (χ2n) is 6.07. The molecule has 1 N–H and O–H groups in total. The van der Waals surface area contributed by atoms with Crippen LogP contribution in [0.4, 0.5) is 0 Å². The average molecular weight is 323 g/mol. The highest BCUT2D eigenvalue weighted by atomic mass is 16.5. The number of aliphatic carboxylic acids is 1. The van der Waals surface area contributed by atoms with Crippen LogP contribution < -0.4 is 0 Å². The van der Waals surface area contributed by atoms with Gasteiger partial charge in [0.2, 0.25) is 11.8 Å². The minimum Gasteiger partial charge on any atom is -0.479 e. The molecule has 8 heteroatoms. The van der Waals surface area contributed by atoms with E-state index in [9.17, 15) is 9.59 Å². The number of aromatic nitrogens is 2. The van der Waals surface area contributed by atoms with Gasteiger partial charge in [0.25, 0.3) is 0 Å². The number of rotatable bonds is 5. The van der Waals surface area contributed by atoms with Gasteiger partial charge in [0.05, 0.1) is 13.2 Å². The predicted molar refractivity (Wildman–Crippen MR) is 77.8 cm³/mol. The maximum absolute atomic E-state index is 12.2. The lowest BCUT2D eigenvalue weighted by Gasteiger charge is -2.30. The van der Waals surface area contributed by atoms with Crippen LogP contribution in [0.5, 0.6) is 0 Å². The normalized spacial score (nSPS) is 22.4. The Kier molecular flexibility index (Phi) is 4.90. The van der Waals surface area contributed by atoms with E-state index in [4.69, 9.17) is 14.4 Å². The Morgan fingerprint density at radius 1 is 1.30 bits per heavy atom. The Bertz CT molecular complexity index is 567. The van der Waals surface area contributed by atoms with Gasteiger partial charge in [0.1, 0.15) is 0 Å². The number of nitrogens with zero attached hydrogens (tertiary/aromatic N) is 3. The third-order valence-corrected chi connectivity index (χ3v) is 4.45. The molecule has 126 valence electrons. The Morgan fingerprint density at radius 3 is 2.83 bits per heavy atom. The van der Waals surface area contributed by atoms with Crippen molar-refractivity contribution in [1.29, 1.82) is 0 Å². The quantitative estimate of drug-likeness (QED) is 0.860. The van der Waals surface area contributed by atoms with Gasteiger partial charge < -0.3 is 19.3 Å². The van der Waals surface area contributed by atoms with Crippen molar-refractivity contribution in [3.05, 3.63) is 11.7 Å². The molecule has 1 unspecified atom stereocenters. The number of carbonyl (C=O) groups excluding carboxylic acids is 1. The van der Waals surface area contributed by atoms with E-state index in [1.807, 2.05) is 0 Å². The number of carbonyl (C=O) groups is 2. The summed E-state index contributed by atoms with van der Waals surface area (Å²) in [6.45, 7) is 0.750. The molecular weight excluding hydrogens is 302 g/mol. The predicted octanol–water partition coefficient (Wildman–Crippen LogP) is 0.972. The molecule has 0 spiro atoms. The van der Waals surface area contributed by atoms with Crippen LogP contribution in [0.2, 0.25) is 0 Å².